The van der Waals surface area contributed by atoms with Crippen LogP contribution in [0.25, 0.3) is 10.8 Å². The van der Waals surface area contributed by atoms with Gasteiger partial charge in [-0.25, -0.2) is 0 Å². The smallest absolute Gasteiger partial charge is 0.296 e. The van der Waals surface area contributed by atoms with Crippen molar-refractivity contribution in [3.8, 4) is 11.5 Å². The minimum Gasteiger partial charge on any atom is -0.505 e. The Morgan fingerprint density at radius 3 is 2.10 bits per heavy atom. The summed E-state index contributed by atoms with van der Waals surface area (Å²) in [6.45, 7) is 0. The van der Waals surface area contributed by atoms with Crippen molar-refractivity contribution in [2.75, 3.05) is 19.1 Å². The number of nitrogens with zero attached hydrogens (tertiary/aromatic N) is 6. The minimum absolute atomic E-state index is 0.0677. The number of phenols is 1. The number of hydrogen-bond donors (Lipinski definition) is 3. The van der Waals surface area contributed by atoms with Crippen LogP contribution < -0.4 is 9.64 Å². The molecule has 0 radical (unpaired) electrons. The van der Waals surface area contributed by atoms with Gasteiger partial charge < -0.3 is 14.7 Å². The van der Waals surface area contributed by atoms with Gasteiger partial charge in [0.25, 0.3) is 20.2 Å². The van der Waals surface area contributed by atoms with Crippen LogP contribution in [0.3, 0.4) is 0 Å². The number of anilines is 2. The second-order valence-electron chi connectivity index (χ2n) is 7.69. The molecule has 4 rings (SSSR count). The Kier molecular flexibility index (Phi) is 7.61. The molecule has 0 unspecified atom stereocenters. The molecule has 3 aromatic carbocycles. The molecule has 0 bridgehead atoms. The van der Waals surface area contributed by atoms with E-state index in [-0.39, 0.29) is 33.0 Å². The second kappa shape index (κ2) is 10.5. The monoisotopic (exact) mass is 614 g/mol. The first-order valence-electron chi connectivity index (χ1n) is 10.3. The molecule has 1 aromatic heterocycles. The zero-order valence-corrected chi connectivity index (χ0v) is 22.8. The third-order valence-corrected chi connectivity index (χ3v) is 7.36. The number of fused-ring (bicyclic) bond motifs is 1. The lowest BCUT2D eigenvalue weighted by molar-refractivity contribution is 0.412. The van der Waals surface area contributed by atoms with Crippen LogP contribution in [0.4, 0.5) is 23.0 Å². The third-order valence-electron chi connectivity index (χ3n) is 5.27. The minimum atomic E-state index is -4.98. The van der Waals surface area contributed by atoms with Crippen LogP contribution in [0.15, 0.2) is 62.5 Å². The molecule has 204 valence electrons. The molecule has 0 aliphatic heterocycles. The normalized spacial score (nSPS) is 12.3. The Bertz CT molecular complexity index is 1850. The molecule has 0 fully saturated rings. The van der Waals surface area contributed by atoms with Crippen molar-refractivity contribution in [1.82, 2.24) is 15.0 Å². The van der Waals surface area contributed by atoms with E-state index >= 15 is 0 Å². The van der Waals surface area contributed by atoms with Crippen LogP contribution >= 0.6 is 23.2 Å². The number of aromatic hydroxyl groups is 1. The van der Waals surface area contributed by atoms with E-state index in [4.69, 9.17) is 27.9 Å². The molecule has 0 saturated heterocycles. The van der Waals surface area contributed by atoms with Crippen molar-refractivity contribution < 1.29 is 35.8 Å². The number of phenolic OH excluding ortho intramolecular Hbond substituents is 1. The van der Waals surface area contributed by atoms with Crippen LogP contribution in [0.5, 0.6) is 11.5 Å². The highest BCUT2D eigenvalue weighted by Crippen LogP contribution is 2.43. The average Bonchev–Trinajstić information content (AvgIpc) is 2.85. The van der Waals surface area contributed by atoms with Crippen molar-refractivity contribution in [3.63, 3.8) is 0 Å². The highest BCUT2D eigenvalue weighted by molar-refractivity contribution is 7.86. The van der Waals surface area contributed by atoms with Crippen molar-refractivity contribution in [1.29, 1.82) is 0 Å². The van der Waals surface area contributed by atoms with Gasteiger partial charge in [0.05, 0.1) is 7.11 Å². The lowest BCUT2D eigenvalue weighted by Crippen LogP contribution is -2.13. The summed E-state index contributed by atoms with van der Waals surface area (Å²) in [5.74, 6) is -0.541. The van der Waals surface area contributed by atoms with Gasteiger partial charge in [0.15, 0.2) is 5.75 Å². The van der Waals surface area contributed by atoms with Gasteiger partial charge in [0.2, 0.25) is 16.5 Å². The van der Waals surface area contributed by atoms with Gasteiger partial charge in [0.1, 0.15) is 26.9 Å². The van der Waals surface area contributed by atoms with Crippen molar-refractivity contribution in [3.05, 3.63) is 53.0 Å². The Hall–Kier alpha value is -3.67. The Morgan fingerprint density at radius 1 is 0.872 bits per heavy atom. The number of aromatic nitrogens is 3. The summed E-state index contributed by atoms with van der Waals surface area (Å²) in [4.78, 5) is 11.5. The van der Waals surface area contributed by atoms with Crippen LogP contribution in [-0.4, -0.2) is 60.2 Å². The zero-order chi connectivity index (χ0) is 28.7. The molecular weight excluding hydrogens is 599 g/mol. The molecule has 4 aromatic rings. The summed E-state index contributed by atoms with van der Waals surface area (Å²) >= 11 is 11.7. The fourth-order valence-electron chi connectivity index (χ4n) is 3.44. The van der Waals surface area contributed by atoms with Gasteiger partial charge in [-0.3, -0.25) is 9.11 Å². The molecule has 0 aliphatic carbocycles. The number of benzene rings is 3. The van der Waals surface area contributed by atoms with Crippen molar-refractivity contribution >= 4 is 77.2 Å². The number of hydrogen-bond acceptors (Lipinski definition) is 12. The summed E-state index contributed by atoms with van der Waals surface area (Å²) in [5, 5.41) is 18.2. The first kappa shape index (κ1) is 28.3. The van der Waals surface area contributed by atoms with Crippen LogP contribution in [0.1, 0.15) is 0 Å². The second-order valence-corrected chi connectivity index (χ2v) is 11.1. The lowest BCUT2D eigenvalue weighted by atomic mass is 10.1. The molecule has 3 N–H and O–H groups in total. The molecule has 18 heteroatoms. The number of halogens is 2. The Balaban J connectivity index is 1.87. The standard InChI is InChI=1S/C21H16Cl2N6O8S2/c1-29(21-25-19(22)24-20(23)26-21)11-3-5-13-10(7-11)8-16(39(34,35)36)17(18(13)30)28-27-14-6-4-12(37-2)9-15(14)38(31,32)33/h3-9,30H,1-2H3,(H,31,32,33)(H,34,35,36). The van der Waals surface area contributed by atoms with Gasteiger partial charge >= 0.3 is 0 Å². The number of methoxy groups -OCH3 is 1. The molecule has 1 heterocycles. The van der Waals surface area contributed by atoms with Gasteiger partial charge in [-0.05, 0) is 65.0 Å². The molecular formula is C21H16Cl2N6O8S2. The summed E-state index contributed by atoms with van der Waals surface area (Å²) in [7, 11) is -6.94. The predicted octanol–water partition coefficient (Wildman–Crippen LogP) is 4.72. The summed E-state index contributed by atoms with van der Waals surface area (Å²) < 4.78 is 72.4. The molecule has 14 nitrogen and oxygen atoms in total. The van der Waals surface area contributed by atoms with Crippen LogP contribution in [-0.2, 0) is 20.2 Å². The molecule has 0 atom stereocenters. The van der Waals surface area contributed by atoms with E-state index in [0.29, 0.717) is 5.69 Å². The average molecular weight is 615 g/mol. The molecule has 0 amide bonds. The van der Waals surface area contributed by atoms with Crippen LogP contribution in [0.2, 0.25) is 10.6 Å². The van der Waals surface area contributed by atoms with E-state index in [9.17, 15) is 31.0 Å². The molecule has 0 aliphatic rings. The Morgan fingerprint density at radius 2 is 1.51 bits per heavy atom. The molecule has 0 saturated carbocycles. The first-order valence-corrected chi connectivity index (χ1v) is 14.0. The largest absolute Gasteiger partial charge is 0.505 e. The highest BCUT2D eigenvalue weighted by Gasteiger charge is 2.24. The zero-order valence-electron chi connectivity index (χ0n) is 19.7. The summed E-state index contributed by atoms with van der Waals surface area (Å²) in [5.41, 5.74) is -0.670. The van der Waals surface area contributed by atoms with E-state index in [1.165, 1.54) is 36.3 Å². The van der Waals surface area contributed by atoms with Crippen LogP contribution in [0, 0.1) is 0 Å². The van der Waals surface area contributed by atoms with Gasteiger partial charge in [-0.1, -0.05) is 0 Å². The fourth-order valence-corrected chi connectivity index (χ4v) is 5.09. The SMILES string of the molecule is COc1ccc(N=Nc2c(S(=O)(=O)O)cc3cc(N(C)c4nc(Cl)nc(Cl)n4)ccc3c2O)c(S(=O)(=O)O)c1. The predicted molar refractivity (Wildman–Crippen MR) is 140 cm³/mol. The molecule has 0 spiro atoms. The van der Waals surface area contributed by atoms with Crippen molar-refractivity contribution in [2.24, 2.45) is 10.2 Å². The van der Waals surface area contributed by atoms with Gasteiger partial charge in [0, 0.05) is 24.2 Å². The van der Waals surface area contributed by atoms with E-state index in [2.05, 4.69) is 25.2 Å². The molecule has 39 heavy (non-hydrogen) atoms. The quantitative estimate of drug-likeness (QED) is 0.191. The number of azo groups is 1. The van der Waals surface area contributed by atoms with E-state index in [0.717, 1.165) is 18.2 Å². The maximum absolute atomic E-state index is 12.2. The maximum atomic E-state index is 12.2. The Labute approximate surface area is 231 Å². The summed E-state index contributed by atoms with van der Waals surface area (Å²) in [6, 6.07) is 8.86. The van der Waals surface area contributed by atoms with Crippen molar-refractivity contribution in [2.45, 2.75) is 9.79 Å². The highest BCUT2D eigenvalue weighted by atomic mass is 35.5. The first-order chi connectivity index (χ1) is 18.2. The van der Waals surface area contributed by atoms with E-state index in [1.54, 1.807) is 7.05 Å². The van der Waals surface area contributed by atoms with Gasteiger partial charge in [-0.15, -0.1) is 10.2 Å². The van der Waals surface area contributed by atoms with Gasteiger partial charge in [-0.2, -0.15) is 31.8 Å². The number of ether oxygens (including phenoxy) is 1. The third kappa shape index (κ3) is 6.00. The summed E-state index contributed by atoms with van der Waals surface area (Å²) in [6.07, 6.45) is 0. The number of rotatable bonds is 7. The fraction of sp³-hybridized carbons (Fsp3) is 0.0952. The van der Waals surface area contributed by atoms with E-state index in [1.807, 2.05) is 0 Å². The van der Waals surface area contributed by atoms with E-state index < -0.39 is 47.2 Å². The maximum Gasteiger partial charge on any atom is 0.296 e. The lowest BCUT2D eigenvalue weighted by Gasteiger charge is -2.18. The topological polar surface area (TPSA) is 205 Å².